The van der Waals surface area contributed by atoms with Gasteiger partial charge in [-0.1, -0.05) is 18.3 Å². The van der Waals surface area contributed by atoms with E-state index in [9.17, 15) is 4.39 Å². The normalized spacial score (nSPS) is 10.3. The first kappa shape index (κ1) is 15.3. The molecule has 21 heavy (non-hydrogen) atoms. The van der Waals surface area contributed by atoms with E-state index in [0.29, 0.717) is 11.3 Å². The van der Waals surface area contributed by atoms with Crippen molar-refractivity contribution in [3.05, 3.63) is 53.3 Å². The Morgan fingerprint density at radius 3 is 2.52 bits per heavy atom. The molecule has 0 unspecified atom stereocenters. The molecular weight excluding hydrogens is 285 g/mol. The van der Waals surface area contributed by atoms with E-state index in [4.69, 9.17) is 18.0 Å². The standard InChI is InChI=1S/C16H18FN3S/c1-10-4-6-12(9-15(10)20(2)3)19-14-7-5-11(17)8-13(14)16(18)21/h4-9,19H,1-3H3,(H2,18,21). The number of rotatable bonds is 4. The molecule has 0 saturated carbocycles. The van der Waals surface area contributed by atoms with Gasteiger partial charge in [0.2, 0.25) is 0 Å². The molecule has 0 atom stereocenters. The Morgan fingerprint density at radius 2 is 1.90 bits per heavy atom. The molecule has 0 aliphatic carbocycles. The number of hydrogen-bond acceptors (Lipinski definition) is 3. The van der Waals surface area contributed by atoms with Crippen LogP contribution in [0.5, 0.6) is 0 Å². The monoisotopic (exact) mass is 303 g/mol. The van der Waals surface area contributed by atoms with Gasteiger partial charge in [0.15, 0.2) is 0 Å². The molecule has 0 radical (unpaired) electrons. The smallest absolute Gasteiger partial charge is 0.124 e. The van der Waals surface area contributed by atoms with Crippen LogP contribution in [0.25, 0.3) is 0 Å². The van der Waals surface area contributed by atoms with E-state index in [1.807, 2.05) is 37.2 Å². The summed E-state index contributed by atoms with van der Waals surface area (Å²) in [7, 11) is 3.98. The van der Waals surface area contributed by atoms with Gasteiger partial charge in [0, 0.05) is 36.7 Å². The quantitative estimate of drug-likeness (QED) is 0.847. The van der Waals surface area contributed by atoms with Crippen LogP contribution in [-0.4, -0.2) is 19.1 Å². The maximum atomic E-state index is 13.3. The Hall–Kier alpha value is -2.14. The molecule has 0 saturated heterocycles. The van der Waals surface area contributed by atoms with Crippen LogP contribution in [0.3, 0.4) is 0 Å². The van der Waals surface area contributed by atoms with Crippen molar-refractivity contribution in [2.24, 2.45) is 5.73 Å². The third-order valence-electron chi connectivity index (χ3n) is 3.22. The summed E-state index contributed by atoms with van der Waals surface area (Å²) in [5, 5.41) is 3.24. The van der Waals surface area contributed by atoms with Gasteiger partial charge in [-0.25, -0.2) is 4.39 Å². The molecule has 0 aliphatic heterocycles. The third-order valence-corrected chi connectivity index (χ3v) is 3.44. The number of anilines is 3. The van der Waals surface area contributed by atoms with Crippen molar-refractivity contribution in [1.29, 1.82) is 0 Å². The number of aryl methyl sites for hydroxylation is 1. The second-order valence-electron chi connectivity index (χ2n) is 5.07. The molecule has 5 heteroatoms. The van der Waals surface area contributed by atoms with Crippen LogP contribution >= 0.6 is 12.2 Å². The average Bonchev–Trinajstić information content (AvgIpc) is 2.42. The van der Waals surface area contributed by atoms with Crippen LogP contribution < -0.4 is 16.0 Å². The zero-order valence-electron chi connectivity index (χ0n) is 12.3. The molecule has 0 bridgehead atoms. The molecule has 0 aromatic heterocycles. The minimum atomic E-state index is -0.360. The average molecular weight is 303 g/mol. The molecule has 0 heterocycles. The minimum absolute atomic E-state index is 0.164. The lowest BCUT2D eigenvalue weighted by Crippen LogP contribution is -2.13. The van der Waals surface area contributed by atoms with Gasteiger partial charge < -0.3 is 16.0 Å². The first-order valence-electron chi connectivity index (χ1n) is 6.53. The summed E-state index contributed by atoms with van der Waals surface area (Å²) in [4.78, 5) is 2.21. The van der Waals surface area contributed by atoms with E-state index in [1.54, 1.807) is 6.07 Å². The lowest BCUT2D eigenvalue weighted by Gasteiger charge is -2.18. The molecule has 3 nitrogen and oxygen atoms in total. The highest BCUT2D eigenvalue weighted by molar-refractivity contribution is 7.80. The van der Waals surface area contributed by atoms with Crippen molar-refractivity contribution in [2.75, 3.05) is 24.3 Å². The Morgan fingerprint density at radius 1 is 1.19 bits per heavy atom. The Balaban J connectivity index is 2.39. The number of nitrogens with one attached hydrogen (secondary N) is 1. The van der Waals surface area contributed by atoms with E-state index in [2.05, 4.69) is 12.2 Å². The SMILES string of the molecule is Cc1ccc(Nc2ccc(F)cc2C(N)=S)cc1N(C)C. The third kappa shape index (κ3) is 3.49. The number of benzene rings is 2. The molecule has 0 fully saturated rings. The van der Waals surface area contributed by atoms with Crippen LogP contribution in [0, 0.1) is 12.7 Å². The Kier molecular flexibility index (Phi) is 4.43. The molecule has 2 rings (SSSR count). The molecule has 0 spiro atoms. The van der Waals surface area contributed by atoms with Gasteiger partial charge >= 0.3 is 0 Å². The number of hydrogen-bond donors (Lipinski definition) is 2. The van der Waals surface area contributed by atoms with Crippen molar-refractivity contribution in [2.45, 2.75) is 6.92 Å². The fourth-order valence-electron chi connectivity index (χ4n) is 2.15. The lowest BCUT2D eigenvalue weighted by atomic mass is 10.1. The molecule has 0 aliphatic rings. The van der Waals surface area contributed by atoms with Crippen molar-refractivity contribution in [1.82, 2.24) is 0 Å². The van der Waals surface area contributed by atoms with Crippen molar-refractivity contribution < 1.29 is 4.39 Å². The van der Waals surface area contributed by atoms with Gasteiger partial charge in [-0.2, -0.15) is 0 Å². The summed E-state index contributed by atoms with van der Waals surface area (Å²) in [5.41, 5.74) is 10.0. The maximum absolute atomic E-state index is 13.3. The predicted octanol–water partition coefficient (Wildman–Crippen LogP) is 3.58. The fourth-order valence-corrected chi connectivity index (χ4v) is 2.32. The van der Waals surface area contributed by atoms with Crippen LogP contribution in [0.15, 0.2) is 36.4 Å². The molecule has 110 valence electrons. The second-order valence-corrected chi connectivity index (χ2v) is 5.51. The van der Waals surface area contributed by atoms with Gasteiger partial charge in [-0.3, -0.25) is 0 Å². The van der Waals surface area contributed by atoms with E-state index in [0.717, 1.165) is 11.4 Å². The van der Waals surface area contributed by atoms with Crippen LogP contribution in [0.4, 0.5) is 21.5 Å². The molecule has 2 aromatic rings. The zero-order chi connectivity index (χ0) is 15.6. The maximum Gasteiger partial charge on any atom is 0.124 e. The molecule has 2 aromatic carbocycles. The Labute approximate surface area is 129 Å². The second kappa shape index (κ2) is 6.10. The number of thiocarbonyl (C=S) groups is 1. The van der Waals surface area contributed by atoms with Gasteiger partial charge in [0.25, 0.3) is 0 Å². The highest BCUT2D eigenvalue weighted by Crippen LogP contribution is 2.27. The van der Waals surface area contributed by atoms with Crippen LogP contribution in [-0.2, 0) is 0 Å². The fraction of sp³-hybridized carbons (Fsp3) is 0.188. The van der Waals surface area contributed by atoms with Gasteiger partial charge in [-0.15, -0.1) is 0 Å². The zero-order valence-corrected chi connectivity index (χ0v) is 13.1. The topological polar surface area (TPSA) is 41.3 Å². The highest BCUT2D eigenvalue weighted by atomic mass is 32.1. The van der Waals surface area contributed by atoms with E-state index >= 15 is 0 Å². The van der Waals surface area contributed by atoms with Gasteiger partial charge in [0.05, 0.1) is 0 Å². The highest BCUT2D eigenvalue weighted by Gasteiger charge is 2.08. The van der Waals surface area contributed by atoms with Gasteiger partial charge in [0.1, 0.15) is 10.8 Å². The first-order valence-corrected chi connectivity index (χ1v) is 6.93. The van der Waals surface area contributed by atoms with Gasteiger partial charge in [-0.05, 0) is 42.8 Å². The largest absolute Gasteiger partial charge is 0.389 e. The van der Waals surface area contributed by atoms with Crippen LogP contribution in [0.1, 0.15) is 11.1 Å². The molecule has 0 amide bonds. The summed E-state index contributed by atoms with van der Waals surface area (Å²) in [6, 6.07) is 10.4. The Bertz CT molecular complexity index is 683. The summed E-state index contributed by atoms with van der Waals surface area (Å²) < 4.78 is 13.3. The first-order chi connectivity index (χ1) is 9.88. The summed E-state index contributed by atoms with van der Waals surface area (Å²) in [6.45, 7) is 2.05. The summed E-state index contributed by atoms with van der Waals surface area (Å²) in [5.74, 6) is -0.360. The van der Waals surface area contributed by atoms with Crippen LogP contribution in [0.2, 0.25) is 0 Å². The predicted molar refractivity (Wildman–Crippen MR) is 91.1 cm³/mol. The minimum Gasteiger partial charge on any atom is -0.389 e. The number of nitrogens with zero attached hydrogens (tertiary/aromatic N) is 1. The van der Waals surface area contributed by atoms with Crippen molar-refractivity contribution >= 4 is 34.3 Å². The van der Waals surface area contributed by atoms with E-state index < -0.39 is 0 Å². The van der Waals surface area contributed by atoms with Crippen molar-refractivity contribution in [3.8, 4) is 0 Å². The lowest BCUT2D eigenvalue weighted by molar-refractivity contribution is 0.628. The molecule has 3 N–H and O–H groups in total. The van der Waals surface area contributed by atoms with E-state index in [-0.39, 0.29) is 10.8 Å². The summed E-state index contributed by atoms with van der Waals surface area (Å²) >= 11 is 4.98. The molecular formula is C16H18FN3S. The summed E-state index contributed by atoms with van der Waals surface area (Å²) in [6.07, 6.45) is 0. The van der Waals surface area contributed by atoms with E-state index in [1.165, 1.54) is 17.7 Å². The van der Waals surface area contributed by atoms with Crippen molar-refractivity contribution in [3.63, 3.8) is 0 Å². The number of nitrogens with two attached hydrogens (primary N) is 1. The number of halogens is 1.